The van der Waals surface area contributed by atoms with Gasteiger partial charge in [0.05, 0.1) is 34.9 Å². The molecule has 2 aliphatic rings. The zero-order valence-corrected chi connectivity index (χ0v) is 36.8. The number of ketones is 2. The van der Waals surface area contributed by atoms with Crippen LogP contribution >= 0.6 is 0 Å². The largest absolute Gasteiger partial charge is 0.425 e. The highest BCUT2D eigenvalue weighted by molar-refractivity contribution is 7.86. The number of nitrogens with zero attached hydrogens (tertiary/aromatic N) is 10. The second kappa shape index (κ2) is 23.1. The Morgan fingerprint density at radius 2 is 0.985 bits per heavy atom. The maximum atomic E-state index is 12.4. The van der Waals surface area contributed by atoms with Crippen molar-refractivity contribution < 1.29 is 70.4 Å². The van der Waals surface area contributed by atoms with Crippen molar-refractivity contribution in [2.75, 3.05) is 0 Å². The molecule has 4 N–H and O–H groups in total. The van der Waals surface area contributed by atoms with E-state index in [0.29, 0.717) is 11.3 Å². The monoisotopic (exact) mass is 1010 g/mol. The van der Waals surface area contributed by atoms with Gasteiger partial charge in [-0.2, -0.15) is 68.0 Å². The minimum Gasteiger partial charge on any atom is -0.328 e. The minimum atomic E-state index is -4.88. The van der Waals surface area contributed by atoms with Gasteiger partial charge in [-0.3, -0.25) is 28.3 Å². The molecule has 2 aliphatic heterocycles. The fourth-order valence-corrected chi connectivity index (χ4v) is 6.79. The lowest BCUT2D eigenvalue weighted by atomic mass is 10.0. The lowest BCUT2D eigenvalue weighted by Crippen LogP contribution is -2.48. The van der Waals surface area contributed by atoms with E-state index < -0.39 is 86.7 Å². The van der Waals surface area contributed by atoms with Crippen molar-refractivity contribution in [3.63, 3.8) is 0 Å². The number of hydrogen-bond donors (Lipinski definition) is 4. The molecule has 0 saturated carbocycles. The Morgan fingerprint density at radius 1 is 0.574 bits per heavy atom. The standard InChI is InChI=1S/C36H26N12O10S2.2O3S/c1-19-14-28(49)33(35(51)39-19)48-46-27-13-11-25(16-31(27)60(56,57)58)45-41-21-4-2-20(3-5-21)26-12-10-24(15-30(26)59(53,54)55)44-42-22-6-8-23(9-7-22)43-47-34-29(50)17-32(38-18-37)40-36(34)52;2*1-4(2)3/h2-13,15-16,33-34H,1,14,17H2,(H,39,51)(H,38,40,52)(H,53,54,55)(H,56,57,58);;. The van der Waals surface area contributed by atoms with Crippen LogP contribution in [-0.4, -0.2) is 92.5 Å². The van der Waals surface area contributed by atoms with E-state index in [0.717, 1.165) is 18.2 Å². The number of Topliss-reactive ketones (excluding diaryl/α,β-unsaturated/α-hetero) is 2. The Hall–Kier alpha value is -8.48. The number of hydrogen-bond acceptors (Lipinski definition) is 24. The molecule has 6 rings (SSSR count). The van der Waals surface area contributed by atoms with Crippen LogP contribution in [0.25, 0.3) is 11.1 Å². The van der Waals surface area contributed by atoms with Crippen molar-refractivity contribution in [3.05, 3.63) is 97.2 Å². The van der Waals surface area contributed by atoms with Crippen molar-refractivity contribution in [1.82, 2.24) is 10.6 Å². The van der Waals surface area contributed by atoms with Crippen LogP contribution in [0.2, 0.25) is 0 Å². The first kappa shape index (κ1) is 52.1. The maximum Gasteiger partial charge on any atom is 0.425 e. The number of carbonyl (C=O) groups excluding carboxylic acids is 4. The van der Waals surface area contributed by atoms with E-state index in [2.05, 4.69) is 63.1 Å². The second-order valence-electron chi connectivity index (χ2n) is 12.9. The number of aliphatic imine (C=N–C) groups is 1. The number of amidine groups is 1. The molecule has 2 saturated heterocycles. The zero-order valence-electron chi connectivity index (χ0n) is 33.6. The molecule has 0 bridgehead atoms. The van der Waals surface area contributed by atoms with Gasteiger partial charge < -0.3 is 10.6 Å². The summed E-state index contributed by atoms with van der Waals surface area (Å²) in [6, 6.07) is 16.2. The van der Waals surface area contributed by atoms with Crippen LogP contribution in [0.1, 0.15) is 12.8 Å². The predicted octanol–water partition coefficient (Wildman–Crippen LogP) is 4.15. The SMILES string of the molecule is C=C1CC(=O)C(N=Nc2ccc(N=Nc3ccc(-c4ccc(N=Nc5ccc(N=NC6C(=O)CC(=NC#N)NC6=O)cc5)cc4S(=O)(=O)O)cc3)cc2S(=O)(=O)O)C(=O)N1.O=S(=O)=O.O=S(=O)=O. The van der Waals surface area contributed by atoms with E-state index in [1.54, 1.807) is 0 Å². The van der Waals surface area contributed by atoms with Crippen LogP contribution in [0, 0.1) is 11.5 Å². The summed E-state index contributed by atoms with van der Waals surface area (Å²) in [6.07, 6.45) is 1.04. The van der Waals surface area contributed by atoms with E-state index in [-0.39, 0.29) is 58.4 Å². The molecule has 4 aromatic carbocycles. The summed E-state index contributed by atoms with van der Waals surface area (Å²) in [5.74, 6) is -2.82. The van der Waals surface area contributed by atoms with Gasteiger partial charge in [-0.15, -0.1) is 25.3 Å². The third kappa shape index (κ3) is 15.6. The van der Waals surface area contributed by atoms with Crippen molar-refractivity contribution in [3.8, 4) is 17.3 Å². The summed E-state index contributed by atoms with van der Waals surface area (Å²) >= 11 is 0. The van der Waals surface area contributed by atoms with Crippen LogP contribution in [0.4, 0.5) is 34.1 Å². The molecule has 2 unspecified atom stereocenters. The van der Waals surface area contributed by atoms with E-state index >= 15 is 0 Å². The topological polar surface area (TPSA) is 439 Å². The average Bonchev–Trinajstić information content (AvgIpc) is 3.24. The molecule has 0 aromatic heterocycles. The van der Waals surface area contributed by atoms with Gasteiger partial charge in [0.15, 0.2) is 11.6 Å². The van der Waals surface area contributed by atoms with E-state index in [1.165, 1.54) is 72.9 Å². The van der Waals surface area contributed by atoms with Crippen molar-refractivity contribution in [1.29, 1.82) is 5.26 Å². The molecule has 68 heavy (non-hydrogen) atoms. The maximum absolute atomic E-state index is 12.4. The first-order chi connectivity index (χ1) is 31.9. The second-order valence-corrected chi connectivity index (χ2v) is 16.5. The lowest BCUT2D eigenvalue weighted by molar-refractivity contribution is -0.132. The third-order valence-corrected chi connectivity index (χ3v) is 9.99. The van der Waals surface area contributed by atoms with Gasteiger partial charge in [-0.05, 0) is 72.3 Å². The fourth-order valence-electron chi connectivity index (χ4n) is 5.41. The number of nitrogens with one attached hydrogen (secondary N) is 2. The van der Waals surface area contributed by atoms with Crippen LogP contribution < -0.4 is 10.6 Å². The molecule has 4 aromatic rings. The summed E-state index contributed by atoms with van der Waals surface area (Å²) in [7, 11) is -15.9. The number of carbonyl (C=O) groups is 4. The lowest BCUT2D eigenvalue weighted by Gasteiger charge is -2.18. The molecular weight excluding hydrogens is 985 g/mol. The highest BCUT2D eigenvalue weighted by Gasteiger charge is 2.34. The Kier molecular flexibility index (Phi) is 17.7. The fraction of sp³-hybridized carbons (Fsp3) is 0.111. The number of rotatable bonds is 11. The minimum absolute atomic E-state index is 0.0417. The van der Waals surface area contributed by atoms with Gasteiger partial charge >= 0.3 is 21.2 Å². The Morgan fingerprint density at radius 3 is 1.47 bits per heavy atom. The van der Waals surface area contributed by atoms with Crippen molar-refractivity contribution in [2.45, 2.75) is 34.7 Å². The van der Waals surface area contributed by atoms with Gasteiger partial charge in [-0.25, -0.2) is 0 Å². The van der Waals surface area contributed by atoms with Crippen molar-refractivity contribution in [2.24, 2.45) is 45.9 Å². The molecule has 2 atom stereocenters. The molecule has 28 nitrogen and oxygen atoms in total. The Labute approximate surface area is 384 Å². The highest BCUT2D eigenvalue weighted by atomic mass is 32.2. The zero-order chi connectivity index (χ0) is 50.3. The highest BCUT2D eigenvalue weighted by Crippen LogP contribution is 2.34. The summed E-state index contributed by atoms with van der Waals surface area (Å²) in [4.78, 5) is 50.8. The number of benzene rings is 4. The molecule has 0 spiro atoms. The number of amides is 2. The van der Waals surface area contributed by atoms with Crippen LogP contribution in [0.3, 0.4) is 0 Å². The van der Waals surface area contributed by atoms with E-state index in [1.807, 2.05) is 0 Å². The average molecular weight is 1010 g/mol. The Balaban J connectivity index is 0.00000117. The van der Waals surface area contributed by atoms with Gasteiger partial charge in [0.25, 0.3) is 32.1 Å². The first-order valence-electron chi connectivity index (χ1n) is 17.9. The van der Waals surface area contributed by atoms with Gasteiger partial charge in [0.2, 0.25) is 18.3 Å². The van der Waals surface area contributed by atoms with Gasteiger partial charge in [-0.1, -0.05) is 24.8 Å². The normalized spacial score (nSPS) is 17.0. The van der Waals surface area contributed by atoms with Crippen LogP contribution in [-0.2, 0) is 60.6 Å². The first-order valence-corrected chi connectivity index (χ1v) is 22.8. The summed E-state index contributed by atoms with van der Waals surface area (Å²) in [5, 5.41) is 44.5. The predicted molar refractivity (Wildman–Crippen MR) is 226 cm³/mol. The van der Waals surface area contributed by atoms with E-state index in [9.17, 15) is 45.1 Å². The number of nitriles is 1. The summed E-state index contributed by atoms with van der Waals surface area (Å²) in [6.45, 7) is 3.51. The third-order valence-electron chi connectivity index (χ3n) is 8.21. The molecule has 0 aliphatic carbocycles. The van der Waals surface area contributed by atoms with Crippen molar-refractivity contribution >= 4 is 105 Å². The molecule has 350 valence electrons. The number of piperidine rings is 2. The smallest absolute Gasteiger partial charge is 0.328 e. The van der Waals surface area contributed by atoms with Crippen LogP contribution in [0.5, 0.6) is 0 Å². The summed E-state index contributed by atoms with van der Waals surface area (Å²) < 4.78 is 120. The van der Waals surface area contributed by atoms with Crippen LogP contribution in [0.15, 0.2) is 153 Å². The quantitative estimate of drug-likeness (QED) is 0.0709. The number of allylic oxidation sites excluding steroid dienone is 1. The molecule has 2 amide bonds. The molecule has 2 fully saturated rings. The molecular formula is C36H26N12O16S4. The molecule has 32 heteroatoms. The molecule has 2 heterocycles. The Bertz CT molecular complexity index is 3290. The van der Waals surface area contributed by atoms with Gasteiger partial charge in [0, 0.05) is 17.7 Å². The molecule has 0 radical (unpaired) electrons. The number of azo groups is 4. The van der Waals surface area contributed by atoms with Gasteiger partial charge in [0.1, 0.15) is 21.3 Å². The van der Waals surface area contributed by atoms with E-state index in [4.69, 9.17) is 30.5 Å². The summed E-state index contributed by atoms with van der Waals surface area (Å²) in [5.41, 5.74) is 1.10.